The van der Waals surface area contributed by atoms with Crippen molar-refractivity contribution in [2.45, 2.75) is 25.9 Å². The summed E-state index contributed by atoms with van der Waals surface area (Å²) in [5, 5.41) is 11.3. The standard InChI is InChI=1S/C11H12F3NO3/c1-7(10(16)17)15-6-8-2-4-9(5-3-8)18-11(12,13)14/h2-5,7,15H,6H2,1H3,(H,16,17). The molecule has 1 aromatic rings. The van der Waals surface area contributed by atoms with Crippen molar-refractivity contribution in [3.8, 4) is 5.75 Å². The van der Waals surface area contributed by atoms with E-state index < -0.39 is 18.4 Å². The second-order valence-corrected chi connectivity index (χ2v) is 3.63. The summed E-state index contributed by atoms with van der Waals surface area (Å²) in [6.45, 7) is 1.73. The maximum absolute atomic E-state index is 11.9. The molecule has 2 N–H and O–H groups in total. The molecule has 0 heterocycles. The van der Waals surface area contributed by atoms with Gasteiger partial charge in [0.05, 0.1) is 0 Å². The molecule has 0 spiro atoms. The predicted octanol–water partition coefficient (Wildman–Crippen LogP) is 2.15. The maximum Gasteiger partial charge on any atom is 0.573 e. The largest absolute Gasteiger partial charge is 0.573 e. The molecular formula is C11H12F3NO3. The zero-order valence-electron chi connectivity index (χ0n) is 9.49. The maximum atomic E-state index is 11.9. The van der Waals surface area contributed by atoms with Gasteiger partial charge in [0.2, 0.25) is 0 Å². The van der Waals surface area contributed by atoms with Crippen LogP contribution in [-0.4, -0.2) is 23.5 Å². The monoisotopic (exact) mass is 263 g/mol. The molecule has 1 aromatic carbocycles. The lowest BCUT2D eigenvalue weighted by Crippen LogP contribution is -2.33. The Balaban J connectivity index is 2.53. The second-order valence-electron chi connectivity index (χ2n) is 3.63. The van der Waals surface area contributed by atoms with Gasteiger partial charge < -0.3 is 15.2 Å². The number of rotatable bonds is 5. The van der Waals surface area contributed by atoms with Crippen LogP contribution in [0.1, 0.15) is 12.5 Å². The molecule has 0 saturated heterocycles. The van der Waals surface area contributed by atoms with Crippen LogP contribution in [-0.2, 0) is 11.3 Å². The van der Waals surface area contributed by atoms with E-state index in [4.69, 9.17) is 5.11 Å². The minimum absolute atomic E-state index is 0.250. The van der Waals surface area contributed by atoms with E-state index in [2.05, 4.69) is 10.1 Å². The first-order valence-corrected chi connectivity index (χ1v) is 5.09. The number of hydrogen-bond acceptors (Lipinski definition) is 3. The Hall–Kier alpha value is -1.76. The lowest BCUT2D eigenvalue weighted by atomic mass is 10.2. The number of carbonyl (C=O) groups is 1. The SMILES string of the molecule is CC(NCc1ccc(OC(F)(F)F)cc1)C(=O)O. The van der Waals surface area contributed by atoms with Gasteiger partial charge in [0.25, 0.3) is 0 Å². The van der Waals surface area contributed by atoms with Crippen LogP contribution in [0.5, 0.6) is 5.75 Å². The molecule has 1 rings (SSSR count). The van der Waals surface area contributed by atoms with Crippen molar-refractivity contribution < 1.29 is 27.8 Å². The summed E-state index contributed by atoms with van der Waals surface area (Å²) < 4.78 is 39.4. The van der Waals surface area contributed by atoms with Crippen LogP contribution in [0.15, 0.2) is 24.3 Å². The van der Waals surface area contributed by atoms with E-state index in [0.29, 0.717) is 5.56 Å². The van der Waals surface area contributed by atoms with Gasteiger partial charge in [-0.25, -0.2) is 0 Å². The molecule has 0 aliphatic rings. The van der Waals surface area contributed by atoms with Crippen LogP contribution in [0, 0.1) is 0 Å². The zero-order valence-corrected chi connectivity index (χ0v) is 9.49. The smallest absolute Gasteiger partial charge is 0.480 e. The molecule has 18 heavy (non-hydrogen) atoms. The van der Waals surface area contributed by atoms with Crippen molar-refractivity contribution in [1.82, 2.24) is 5.32 Å². The van der Waals surface area contributed by atoms with Gasteiger partial charge in [-0.3, -0.25) is 4.79 Å². The number of aliphatic carboxylic acids is 1. The van der Waals surface area contributed by atoms with E-state index in [1.807, 2.05) is 0 Å². The summed E-state index contributed by atoms with van der Waals surface area (Å²) in [7, 11) is 0. The molecule has 0 aliphatic carbocycles. The van der Waals surface area contributed by atoms with E-state index in [1.165, 1.54) is 31.2 Å². The van der Waals surface area contributed by atoms with Crippen LogP contribution in [0.4, 0.5) is 13.2 Å². The topological polar surface area (TPSA) is 58.6 Å². The Kier molecular flexibility index (Phi) is 4.55. The van der Waals surface area contributed by atoms with Gasteiger partial charge in [0.1, 0.15) is 11.8 Å². The van der Waals surface area contributed by atoms with Crippen molar-refractivity contribution in [2.24, 2.45) is 0 Å². The first-order valence-electron chi connectivity index (χ1n) is 5.09. The molecule has 100 valence electrons. The van der Waals surface area contributed by atoms with Crippen LogP contribution < -0.4 is 10.1 Å². The minimum atomic E-state index is -4.71. The fourth-order valence-electron chi connectivity index (χ4n) is 1.17. The number of alkyl halides is 3. The minimum Gasteiger partial charge on any atom is -0.480 e. The quantitative estimate of drug-likeness (QED) is 0.854. The van der Waals surface area contributed by atoms with Crippen molar-refractivity contribution in [3.05, 3.63) is 29.8 Å². The second kappa shape index (κ2) is 5.72. The molecule has 0 aliphatic heterocycles. The first kappa shape index (κ1) is 14.3. The van der Waals surface area contributed by atoms with Crippen LogP contribution >= 0.6 is 0 Å². The van der Waals surface area contributed by atoms with E-state index in [9.17, 15) is 18.0 Å². The van der Waals surface area contributed by atoms with Gasteiger partial charge in [-0.2, -0.15) is 0 Å². The number of carboxylic acids is 1. The van der Waals surface area contributed by atoms with Crippen LogP contribution in [0.2, 0.25) is 0 Å². The molecule has 0 bridgehead atoms. The highest BCUT2D eigenvalue weighted by atomic mass is 19.4. The summed E-state index contributed by atoms with van der Waals surface area (Å²) in [6.07, 6.45) is -4.71. The summed E-state index contributed by atoms with van der Waals surface area (Å²) in [4.78, 5) is 10.5. The number of nitrogens with one attached hydrogen (secondary N) is 1. The van der Waals surface area contributed by atoms with Crippen molar-refractivity contribution in [1.29, 1.82) is 0 Å². The van der Waals surface area contributed by atoms with Crippen molar-refractivity contribution in [3.63, 3.8) is 0 Å². The van der Waals surface area contributed by atoms with Gasteiger partial charge >= 0.3 is 12.3 Å². The molecule has 0 amide bonds. The van der Waals surface area contributed by atoms with Crippen LogP contribution in [0.3, 0.4) is 0 Å². The van der Waals surface area contributed by atoms with Gasteiger partial charge in [-0.1, -0.05) is 12.1 Å². The van der Waals surface area contributed by atoms with Gasteiger partial charge in [-0.05, 0) is 24.6 Å². The number of ether oxygens (including phenoxy) is 1. The number of halogens is 3. The fraction of sp³-hybridized carbons (Fsp3) is 0.364. The summed E-state index contributed by atoms with van der Waals surface area (Å²) in [5.74, 6) is -1.30. The third-order valence-electron chi connectivity index (χ3n) is 2.14. The zero-order chi connectivity index (χ0) is 13.8. The molecule has 1 atom stereocenters. The van der Waals surface area contributed by atoms with Gasteiger partial charge in [-0.15, -0.1) is 13.2 Å². The molecule has 0 aromatic heterocycles. The lowest BCUT2D eigenvalue weighted by molar-refractivity contribution is -0.274. The highest BCUT2D eigenvalue weighted by Gasteiger charge is 2.30. The Morgan fingerprint density at radius 2 is 1.94 bits per heavy atom. The molecule has 7 heteroatoms. The average molecular weight is 263 g/mol. The molecule has 1 unspecified atom stereocenters. The Morgan fingerprint density at radius 3 is 2.39 bits per heavy atom. The molecule has 0 radical (unpaired) electrons. The summed E-state index contributed by atoms with van der Waals surface area (Å²) in [5.41, 5.74) is 0.664. The molecular weight excluding hydrogens is 251 g/mol. The Bertz CT molecular complexity index is 403. The average Bonchev–Trinajstić information content (AvgIpc) is 2.25. The first-order chi connectivity index (χ1) is 8.28. The lowest BCUT2D eigenvalue weighted by Gasteiger charge is -2.11. The van der Waals surface area contributed by atoms with E-state index in [0.717, 1.165) is 0 Å². The third kappa shape index (κ3) is 5.05. The van der Waals surface area contributed by atoms with Crippen molar-refractivity contribution >= 4 is 5.97 Å². The molecule has 0 fully saturated rings. The third-order valence-corrected chi connectivity index (χ3v) is 2.14. The van der Waals surface area contributed by atoms with E-state index in [1.54, 1.807) is 0 Å². The number of carboxylic acid groups (broad SMARTS) is 1. The van der Waals surface area contributed by atoms with Gasteiger partial charge in [0.15, 0.2) is 0 Å². The highest BCUT2D eigenvalue weighted by molar-refractivity contribution is 5.72. The number of benzene rings is 1. The highest BCUT2D eigenvalue weighted by Crippen LogP contribution is 2.22. The van der Waals surface area contributed by atoms with Crippen molar-refractivity contribution in [2.75, 3.05) is 0 Å². The number of hydrogen-bond donors (Lipinski definition) is 2. The Morgan fingerprint density at radius 1 is 1.39 bits per heavy atom. The molecule has 4 nitrogen and oxygen atoms in total. The Labute approximate surface area is 101 Å². The fourth-order valence-corrected chi connectivity index (χ4v) is 1.17. The predicted molar refractivity (Wildman–Crippen MR) is 57.1 cm³/mol. The van der Waals surface area contributed by atoms with Gasteiger partial charge in [0, 0.05) is 6.54 Å². The van der Waals surface area contributed by atoms with Crippen LogP contribution in [0.25, 0.3) is 0 Å². The summed E-state index contributed by atoms with van der Waals surface area (Å²) >= 11 is 0. The van der Waals surface area contributed by atoms with E-state index in [-0.39, 0.29) is 12.3 Å². The van der Waals surface area contributed by atoms with E-state index >= 15 is 0 Å². The summed E-state index contributed by atoms with van der Waals surface area (Å²) in [6, 6.07) is 4.49. The molecule has 0 saturated carbocycles. The normalized spacial score (nSPS) is 13.1.